The lowest BCUT2D eigenvalue weighted by atomic mass is 10.3. The van der Waals surface area contributed by atoms with Crippen LogP contribution in [0.4, 0.5) is 0 Å². The van der Waals surface area contributed by atoms with Crippen LogP contribution in [0.25, 0.3) is 0 Å². The number of rotatable bonds is 10. The van der Waals surface area contributed by atoms with Gasteiger partial charge in [0.25, 0.3) is 0 Å². The van der Waals surface area contributed by atoms with Crippen LogP contribution in [0.15, 0.2) is 18.2 Å². The van der Waals surface area contributed by atoms with E-state index in [0.29, 0.717) is 28.9 Å². The first-order chi connectivity index (χ1) is 10.1. The Morgan fingerprint density at radius 3 is 2.86 bits per heavy atom. The summed E-state index contributed by atoms with van der Waals surface area (Å²) in [7, 11) is 0. The summed E-state index contributed by atoms with van der Waals surface area (Å²) in [5.41, 5.74) is 0. The van der Waals surface area contributed by atoms with E-state index in [0.717, 1.165) is 19.1 Å². The molecule has 0 heterocycles. The van der Waals surface area contributed by atoms with Crippen molar-refractivity contribution in [1.29, 1.82) is 0 Å². The lowest BCUT2D eigenvalue weighted by Crippen LogP contribution is -2.33. The molecule has 118 valence electrons. The topological polar surface area (TPSA) is 50.7 Å². The predicted molar refractivity (Wildman–Crippen MR) is 84.4 cm³/mol. The highest BCUT2D eigenvalue weighted by Gasteiger charge is 2.20. The average Bonchev–Trinajstić information content (AvgIpc) is 3.26. The summed E-state index contributed by atoms with van der Waals surface area (Å²) >= 11 is 11.8. The van der Waals surface area contributed by atoms with Crippen molar-refractivity contribution in [2.45, 2.75) is 18.9 Å². The number of hydrogen-bond donors (Lipinski definition) is 2. The van der Waals surface area contributed by atoms with Gasteiger partial charge in [-0.2, -0.15) is 0 Å². The fourth-order valence-electron chi connectivity index (χ4n) is 1.78. The lowest BCUT2D eigenvalue weighted by molar-refractivity contribution is 0.0968. The molecule has 0 aliphatic heterocycles. The van der Waals surface area contributed by atoms with Gasteiger partial charge in [-0.25, -0.2) is 0 Å². The highest BCUT2D eigenvalue weighted by Crippen LogP contribution is 2.28. The summed E-state index contributed by atoms with van der Waals surface area (Å²) in [4.78, 5) is 0. The number of halogens is 2. The summed E-state index contributed by atoms with van der Waals surface area (Å²) in [5, 5.41) is 13.9. The molecule has 2 rings (SSSR count). The Morgan fingerprint density at radius 2 is 2.14 bits per heavy atom. The van der Waals surface area contributed by atoms with E-state index in [-0.39, 0.29) is 6.61 Å². The molecule has 1 aliphatic carbocycles. The number of hydrogen-bond acceptors (Lipinski definition) is 4. The molecule has 0 saturated heterocycles. The average molecular weight is 334 g/mol. The van der Waals surface area contributed by atoms with Gasteiger partial charge in [0.05, 0.1) is 11.6 Å². The second-order valence-corrected chi connectivity index (χ2v) is 6.11. The van der Waals surface area contributed by atoms with E-state index >= 15 is 0 Å². The minimum Gasteiger partial charge on any atom is -0.489 e. The highest BCUT2D eigenvalue weighted by molar-refractivity contribution is 6.35. The first-order valence-electron chi connectivity index (χ1n) is 7.19. The quantitative estimate of drug-likeness (QED) is 0.646. The van der Waals surface area contributed by atoms with Crippen molar-refractivity contribution >= 4 is 23.2 Å². The van der Waals surface area contributed by atoms with Crippen LogP contribution in [-0.4, -0.2) is 44.1 Å². The third-order valence-electron chi connectivity index (χ3n) is 3.18. The number of nitrogens with one attached hydrogen (secondary N) is 1. The maximum atomic E-state index is 9.81. The predicted octanol–water partition coefficient (Wildman–Crippen LogP) is 2.75. The van der Waals surface area contributed by atoms with Crippen molar-refractivity contribution in [2.75, 3.05) is 32.9 Å². The monoisotopic (exact) mass is 333 g/mol. The lowest BCUT2D eigenvalue weighted by Gasteiger charge is -2.14. The molecule has 0 spiro atoms. The summed E-state index contributed by atoms with van der Waals surface area (Å²) in [5.74, 6) is 1.31. The molecule has 4 nitrogen and oxygen atoms in total. The van der Waals surface area contributed by atoms with Crippen LogP contribution in [0.1, 0.15) is 12.8 Å². The Morgan fingerprint density at radius 1 is 1.33 bits per heavy atom. The number of benzene rings is 1. The minimum absolute atomic E-state index is 0.178. The molecule has 1 aromatic rings. The fourth-order valence-corrected chi connectivity index (χ4v) is 2.25. The van der Waals surface area contributed by atoms with E-state index in [1.54, 1.807) is 18.2 Å². The van der Waals surface area contributed by atoms with Gasteiger partial charge >= 0.3 is 0 Å². The van der Waals surface area contributed by atoms with Crippen LogP contribution >= 0.6 is 23.2 Å². The fraction of sp³-hybridized carbons (Fsp3) is 0.600. The van der Waals surface area contributed by atoms with Crippen LogP contribution in [-0.2, 0) is 4.74 Å². The molecule has 0 bridgehead atoms. The Bertz CT molecular complexity index is 441. The SMILES string of the molecule is OC(CNCCOCC1CC1)COc1ccc(Cl)cc1Cl. The summed E-state index contributed by atoms with van der Waals surface area (Å²) in [6, 6.07) is 5.00. The number of aliphatic hydroxyl groups is 1. The van der Waals surface area contributed by atoms with Crippen molar-refractivity contribution in [1.82, 2.24) is 5.32 Å². The number of ether oxygens (including phenoxy) is 2. The third-order valence-corrected chi connectivity index (χ3v) is 3.71. The van der Waals surface area contributed by atoms with Gasteiger partial charge in [0, 0.05) is 24.7 Å². The zero-order valence-corrected chi connectivity index (χ0v) is 13.4. The molecule has 1 unspecified atom stereocenters. The molecule has 6 heteroatoms. The van der Waals surface area contributed by atoms with E-state index in [2.05, 4.69) is 5.32 Å². The molecule has 0 amide bonds. The van der Waals surface area contributed by atoms with E-state index in [9.17, 15) is 5.11 Å². The molecule has 0 aromatic heterocycles. The molecular weight excluding hydrogens is 313 g/mol. The zero-order chi connectivity index (χ0) is 15.1. The first-order valence-corrected chi connectivity index (χ1v) is 7.95. The smallest absolute Gasteiger partial charge is 0.138 e. The van der Waals surface area contributed by atoms with Crippen molar-refractivity contribution in [2.24, 2.45) is 5.92 Å². The van der Waals surface area contributed by atoms with Crippen molar-refractivity contribution in [3.05, 3.63) is 28.2 Å². The first kappa shape index (κ1) is 16.8. The maximum Gasteiger partial charge on any atom is 0.138 e. The van der Waals surface area contributed by atoms with Crippen LogP contribution < -0.4 is 10.1 Å². The van der Waals surface area contributed by atoms with E-state index in [4.69, 9.17) is 32.7 Å². The Balaban J connectivity index is 1.53. The van der Waals surface area contributed by atoms with Crippen LogP contribution in [0.3, 0.4) is 0 Å². The highest BCUT2D eigenvalue weighted by atomic mass is 35.5. The molecule has 1 saturated carbocycles. The molecule has 0 radical (unpaired) electrons. The molecule has 1 aliphatic rings. The van der Waals surface area contributed by atoms with E-state index < -0.39 is 6.10 Å². The minimum atomic E-state index is -0.597. The van der Waals surface area contributed by atoms with Crippen molar-refractivity contribution in [3.8, 4) is 5.75 Å². The Hall–Kier alpha value is -0.520. The molecule has 1 atom stereocenters. The zero-order valence-electron chi connectivity index (χ0n) is 11.9. The molecule has 1 aromatic carbocycles. The van der Waals surface area contributed by atoms with Gasteiger partial charge in [-0.1, -0.05) is 23.2 Å². The Labute approximate surface area is 135 Å². The van der Waals surface area contributed by atoms with Gasteiger partial charge in [0.2, 0.25) is 0 Å². The normalized spacial score (nSPS) is 16.0. The van der Waals surface area contributed by atoms with Gasteiger partial charge < -0.3 is 19.9 Å². The Kier molecular flexibility index (Phi) is 7.07. The van der Waals surface area contributed by atoms with Gasteiger partial charge in [0.15, 0.2) is 0 Å². The van der Waals surface area contributed by atoms with Crippen LogP contribution in [0.5, 0.6) is 5.75 Å². The van der Waals surface area contributed by atoms with Gasteiger partial charge in [-0.05, 0) is 37.0 Å². The van der Waals surface area contributed by atoms with Crippen molar-refractivity contribution in [3.63, 3.8) is 0 Å². The summed E-state index contributed by atoms with van der Waals surface area (Å²) in [6.45, 7) is 2.90. The standard InChI is InChI=1S/C15H21Cl2NO3/c16-12-3-4-15(14(17)7-12)21-10-13(19)8-18-5-6-20-9-11-1-2-11/h3-4,7,11,13,18-19H,1-2,5-6,8-10H2. The summed E-state index contributed by atoms with van der Waals surface area (Å²) in [6.07, 6.45) is 2.01. The van der Waals surface area contributed by atoms with Crippen LogP contribution in [0, 0.1) is 5.92 Å². The maximum absolute atomic E-state index is 9.81. The molecule has 2 N–H and O–H groups in total. The van der Waals surface area contributed by atoms with E-state index in [1.807, 2.05) is 0 Å². The molecular formula is C15H21Cl2NO3. The van der Waals surface area contributed by atoms with Gasteiger partial charge in [-0.15, -0.1) is 0 Å². The van der Waals surface area contributed by atoms with Crippen molar-refractivity contribution < 1.29 is 14.6 Å². The van der Waals surface area contributed by atoms with Gasteiger partial charge in [-0.3, -0.25) is 0 Å². The molecule has 1 fully saturated rings. The van der Waals surface area contributed by atoms with Gasteiger partial charge in [0.1, 0.15) is 18.5 Å². The number of aliphatic hydroxyl groups excluding tert-OH is 1. The van der Waals surface area contributed by atoms with E-state index in [1.165, 1.54) is 12.8 Å². The largest absolute Gasteiger partial charge is 0.489 e. The summed E-state index contributed by atoms with van der Waals surface area (Å²) < 4.78 is 10.9. The van der Waals surface area contributed by atoms with Crippen LogP contribution in [0.2, 0.25) is 10.0 Å². The molecule has 21 heavy (non-hydrogen) atoms. The second-order valence-electron chi connectivity index (χ2n) is 5.26. The second kappa shape index (κ2) is 8.81. The third kappa shape index (κ3) is 6.85.